The molecule has 1 saturated heterocycles. The van der Waals surface area contributed by atoms with Gasteiger partial charge in [0.2, 0.25) is 0 Å². The summed E-state index contributed by atoms with van der Waals surface area (Å²) in [6.07, 6.45) is 2.54. The Morgan fingerprint density at radius 1 is 1.38 bits per heavy atom. The summed E-state index contributed by atoms with van der Waals surface area (Å²) in [5.74, 6) is 2.62. The molecule has 0 radical (unpaired) electrons. The van der Waals surface area contributed by atoms with E-state index >= 15 is 0 Å². The number of nitrogens with zero attached hydrogens (tertiary/aromatic N) is 1. The molecule has 116 valence electrons. The summed E-state index contributed by atoms with van der Waals surface area (Å²) in [7, 11) is 1.69. The lowest BCUT2D eigenvalue weighted by Crippen LogP contribution is -2.34. The Balaban J connectivity index is 2.05. The predicted molar refractivity (Wildman–Crippen MR) is 86.8 cm³/mol. The van der Waals surface area contributed by atoms with Gasteiger partial charge in [-0.15, -0.1) is 0 Å². The van der Waals surface area contributed by atoms with E-state index in [9.17, 15) is 0 Å². The van der Waals surface area contributed by atoms with Gasteiger partial charge in [-0.3, -0.25) is 10.3 Å². The molecule has 4 heteroatoms. The van der Waals surface area contributed by atoms with Crippen LogP contribution in [0.25, 0.3) is 0 Å². The second-order valence-electron chi connectivity index (χ2n) is 6.30. The lowest BCUT2D eigenvalue weighted by Gasteiger charge is -2.34. The van der Waals surface area contributed by atoms with Crippen LogP contribution in [0.3, 0.4) is 0 Å². The third-order valence-corrected chi connectivity index (χ3v) is 4.56. The molecular weight excluding hydrogens is 262 g/mol. The minimum absolute atomic E-state index is 0.109. The van der Waals surface area contributed by atoms with Gasteiger partial charge in [0.25, 0.3) is 0 Å². The Morgan fingerprint density at radius 2 is 2.05 bits per heavy atom. The van der Waals surface area contributed by atoms with E-state index in [1.807, 2.05) is 18.2 Å². The van der Waals surface area contributed by atoms with Crippen LogP contribution >= 0.6 is 0 Å². The predicted octanol–water partition coefficient (Wildman–Crippen LogP) is 2.85. The zero-order valence-electron chi connectivity index (χ0n) is 13.4. The van der Waals surface area contributed by atoms with E-state index in [0.29, 0.717) is 0 Å². The molecular formula is C17H27N3O. The monoisotopic (exact) mass is 289 g/mol. The molecule has 3 N–H and O–H groups in total. The van der Waals surface area contributed by atoms with E-state index in [-0.39, 0.29) is 5.84 Å². The first-order valence-electron chi connectivity index (χ1n) is 7.75. The summed E-state index contributed by atoms with van der Waals surface area (Å²) in [6, 6.07) is 5.73. The lowest BCUT2D eigenvalue weighted by molar-refractivity contribution is 0.151. The highest BCUT2D eigenvalue weighted by Gasteiger charge is 2.22. The number of nitrogens with two attached hydrogens (primary N) is 1. The van der Waals surface area contributed by atoms with Gasteiger partial charge in [0, 0.05) is 17.7 Å². The van der Waals surface area contributed by atoms with Crippen LogP contribution in [-0.2, 0) is 6.54 Å². The standard InChI is InChI=1S/C17H27N3O/c1-12(2)13-6-8-20(9-7-13)11-15-10-14(17(18)19)4-5-16(15)21-3/h4-5,10,12-13H,6-9,11H2,1-3H3,(H3,18,19). The zero-order chi connectivity index (χ0) is 15.4. The van der Waals surface area contributed by atoms with E-state index in [2.05, 4.69) is 18.7 Å². The van der Waals surface area contributed by atoms with Crippen molar-refractivity contribution in [1.29, 1.82) is 5.41 Å². The number of likely N-dealkylation sites (tertiary alicyclic amines) is 1. The Labute approximate surface area is 127 Å². The number of nitrogen functional groups attached to an aromatic ring is 1. The number of hydrogen-bond donors (Lipinski definition) is 2. The van der Waals surface area contributed by atoms with Crippen molar-refractivity contribution in [3.05, 3.63) is 29.3 Å². The maximum Gasteiger partial charge on any atom is 0.123 e. The van der Waals surface area contributed by atoms with E-state index < -0.39 is 0 Å². The average molecular weight is 289 g/mol. The topological polar surface area (TPSA) is 62.3 Å². The molecule has 1 heterocycles. The van der Waals surface area contributed by atoms with Crippen molar-refractivity contribution in [3.63, 3.8) is 0 Å². The van der Waals surface area contributed by atoms with E-state index in [0.717, 1.165) is 48.3 Å². The average Bonchev–Trinajstić information content (AvgIpc) is 2.47. The fourth-order valence-corrected chi connectivity index (χ4v) is 3.09. The highest BCUT2D eigenvalue weighted by Crippen LogP contribution is 2.27. The maximum absolute atomic E-state index is 7.58. The normalized spacial score (nSPS) is 17.1. The summed E-state index contributed by atoms with van der Waals surface area (Å²) in [5.41, 5.74) is 7.47. The first kappa shape index (κ1) is 15.8. The summed E-state index contributed by atoms with van der Waals surface area (Å²) in [4.78, 5) is 2.47. The van der Waals surface area contributed by atoms with Crippen LogP contribution in [0.2, 0.25) is 0 Å². The van der Waals surface area contributed by atoms with Crippen LogP contribution < -0.4 is 10.5 Å². The van der Waals surface area contributed by atoms with Crippen LogP contribution in [0.1, 0.15) is 37.8 Å². The number of rotatable bonds is 5. The van der Waals surface area contributed by atoms with Crippen molar-refractivity contribution in [2.24, 2.45) is 17.6 Å². The minimum atomic E-state index is 0.109. The van der Waals surface area contributed by atoms with Gasteiger partial charge in [0.05, 0.1) is 7.11 Å². The van der Waals surface area contributed by atoms with E-state index in [1.165, 1.54) is 12.8 Å². The van der Waals surface area contributed by atoms with Crippen molar-refractivity contribution in [2.45, 2.75) is 33.2 Å². The molecule has 0 aliphatic carbocycles. The summed E-state index contributed by atoms with van der Waals surface area (Å²) in [5, 5.41) is 7.58. The zero-order valence-corrected chi connectivity index (χ0v) is 13.4. The number of benzene rings is 1. The Hall–Kier alpha value is -1.55. The second kappa shape index (κ2) is 6.94. The van der Waals surface area contributed by atoms with Gasteiger partial charge in [-0.2, -0.15) is 0 Å². The van der Waals surface area contributed by atoms with Gasteiger partial charge < -0.3 is 10.5 Å². The van der Waals surface area contributed by atoms with Crippen molar-refractivity contribution in [1.82, 2.24) is 4.90 Å². The molecule has 1 aliphatic heterocycles. The van der Waals surface area contributed by atoms with Crippen molar-refractivity contribution >= 4 is 5.84 Å². The first-order chi connectivity index (χ1) is 10.0. The second-order valence-corrected chi connectivity index (χ2v) is 6.30. The highest BCUT2D eigenvalue weighted by atomic mass is 16.5. The van der Waals surface area contributed by atoms with Gasteiger partial charge in [-0.05, 0) is 56.0 Å². The molecule has 1 aromatic rings. The van der Waals surface area contributed by atoms with Gasteiger partial charge in [0.1, 0.15) is 11.6 Å². The Morgan fingerprint density at radius 3 is 2.57 bits per heavy atom. The molecule has 1 aromatic carbocycles. The summed E-state index contributed by atoms with van der Waals surface area (Å²) >= 11 is 0. The SMILES string of the molecule is COc1ccc(C(=N)N)cc1CN1CCC(C(C)C)CC1. The molecule has 0 amide bonds. The van der Waals surface area contributed by atoms with Gasteiger partial charge in [0.15, 0.2) is 0 Å². The molecule has 2 rings (SSSR count). The smallest absolute Gasteiger partial charge is 0.123 e. The largest absolute Gasteiger partial charge is 0.496 e. The first-order valence-corrected chi connectivity index (χ1v) is 7.75. The fourth-order valence-electron chi connectivity index (χ4n) is 3.09. The minimum Gasteiger partial charge on any atom is -0.496 e. The maximum atomic E-state index is 7.58. The Kier molecular flexibility index (Phi) is 5.23. The van der Waals surface area contributed by atoms with E-state index in [1.54, 1.807) is 7.11 Å². The number of hydrogen-bond acceptors (Lipinski definition) is 3. The summed E-state index contributed by atoms with van der Waals surface area (Å²) < 4.78 is 5.44. The molecule has 1 fully saturated rings. The molecule has 4 nitrogen and oxygen atoms in total. The number of piperidine rings is 1. The molecule has 0 spiro atoms. The van der Waals surface area contributed by atoms with Crippen LogP contribution in [0.15, 0.2) is 18.2 Å². The van der Waals surface area contributed by atoms with E-state index in [4.69, 9.17) is 15.9 Å². The van der Waals surface area contributed by atoms with Crippen molar-refractivity contribution < 1.29 is 4.74 Å². The molecule has 21 heavy (non-hydrogen) atoms. The third kappa shape index (κ3) is 3.97. The van der Waals surface area contributed by atoms with Crippen molar-refractivity contribution in [2.75, 3.05) is 20.2 Å². The Bertz CT molecular complexity index is 491. The van der Waals surface area contributed by atoms with Crippen LogP contribution in [0.4, 0.5) is 0 Å². The summed E-state index contributed by atoms with van der Waals surface area (Å²) in [6.45, 7) is 7.78. The molecule has 0 aromatic heterocycles. The van der Waals surface area contributed by atoms with Crippen LogP contribution in [0.5, 0.6) is 5.75 Å². The number of ether oxygens (including phenoxy) is 1. The van der Waals surface area contributed by atoms with Gasteiger partial charge in [-0.25, -0.2) is 0 Å². The third-order valence-electron chi connectivity index (χ3n) is 4.56. The highest BCUT2D eigenvalue weighted by molar-refractivity contribution is 5.95. The van der Waals surface area contributed by atoms with Gasteiger partial charge in [-0.1, -0.05) is 13.8 Å². The number of methoxy groups -OCH3 is 1. The lowest BCUT2D eigenvalue weighted by atomic mass is 9.86. The molecule has 0 bridgehead atoms. The molecule has 1 aliphatic rings. The number of nitrogens with one attached hydrogen (secondary N) is 1. The van der Waals surface area contributed by atoms with Gasteiger partial charge >= 0.3 is 0 Å². The fraction of sp³-hybridized carbons (Fsp3) is 0.588. The van der Waals surface area contributed by atoms with Crippen LogP contribution in [-0.4, -0.2) is 30.9 Å². The number of amidine groups is 1. The molecule has 0 saturated carbocycles. The molecule has 0 atom stereocenters. The van der Waals surface area contributed by atoms with Crippen LogP contribution in [0, 0.1) is 17.2 Å². The quantitative estimate of drug-likeness (QED) is 0.647. The molecule has 0 unspecified atom stereocenters. The van der Waals surface area contributed by atoms with Crippen molar-refractivity contribution in [3.8, 4) is 5.75 Å².